The van der Waals surface area contributed by atoms with Gasteiger partial charge in [0.15, 0.2) is 0 Å². The van der Waals surface area contributed by atoms with Crippen LogP contribution in [0.1, 0.15) is 53.9 Å². The predicted molar refractivity (Wildman–Crippen MR) is 89.7 cm³/mol. The summed E-state index contributed by atoms with van der Waals surface area (Å²) in [6.07, 6.45) is -1.61. The summed E-state index contributed by atoms with van der Waals surface area (Å²) >= 11 is 0. The van der Waals surface area contributed by atoms with Crippen molar-refractivity contribution in [3.63, 3.8) is 0 Å². The van der Waals surface area contributed by atoms with Gasteiger partial charge in [-0.25, -0.2) is 18.5 Å². The molecular weight excluding hydrogens is 413 g/mol. The van der Waals surface area contributed by atoms with Crippen LogP contribution >= 0.6 is 0 Å². The zero-order chi connectivity index (χ0) is 22.2. The molecule has 1 aliphatic heterocycles. The molecule has 1 heterocycles. The largest absolute Gasteiger partial charge is 0.534 e. The number of hydrogen-bond donors (Lipinski definition) is 0. The highest BCUT2D eigenvalue weighted by Gasteiger charge is 2.58. The molecule has 2 rings (SSSR count). The van der Waals surface area contributed by atoms with E-state index in [0.29, 0.717) is 4.90 Å². The number of carbonyl (C=O) groups excluding carboxylic acids is 1. The first-order valence-corrected chi connectivity index (χ1v) is 9.98. The van der Waals surface area contributed by atoms with E-state index in [9.17, 15) is 35.2 Å². The second kappa shape index (κ2) is 7.68. The van der Waals surface area contributed by atoms with Gasteiger partial charge in [0.05, 0.1) is 0 Å². The van der Waals surface area contributed by atoms with Crippen LogP contribution < -0.4 is 0 Å². The molecule has 1 saturated carbocycles. The third-order valence-electron chi connectivity index (χ3n) is 3.84. The van der Waals surface area contributed by atoms with Crippen LogP contribution in [0.4, 0.5) is 26.7 Å². The van der Waals surface area contributed by atoms with Crippen molar-refractivity contribution in [1.29, 1.82) is 0 Å². The lowest BCUT2D eigenvalue weighted by Gasteiger charge is -2.49. The Labute approximate surface area is 160 Å². The SMILES string of the molecule is CC.CC(C)(C)OC(=O)N1CCC2(C=C1OS(=O)(=O)C(F)(F)F)CC(F)(F)C2. The molecular formula is C16H24F5NO5S. The Bertz CT molecular complexity index is 717. The van der Waals surface area contributed by atoms with E-state index in [0.717, 1.165) is 6.08 Å². The van der Waals surface area contributed by atoms with Crippen LogP contribution in [0.3, 0.4) is 0 Å². The van der Waals surface area contributed by atoms with Crippen LogP contribution in [0.25, 0.3) is 0 Å². The lowest BCUT2D eigenvalue weighted by atomic mass is 9.63. The summed E-state index contributed by atoms with van der Waals surface area (Å²) in [5.41, 5.74) is -7.97. The van der Waals surface area contributed by atoms with Crippen molar-refractivity contribution in [2.75, 3.05) is 6.54 Å². The van der Waals surface area contributed by atoms with Crippen molar-refractivity contribution in [2.24, 2.45) is 5.41 Å². The van der Waals surface area contributed by atoms with Gasteiger partial charge in [-0.15, -0.1) is 0 Å². The van der Waals surface area contributed by atoms with Crippen LogP contribution in [0, 0.1) is 5.41 Å². The number of amides is 1. The van der Waals surface area contributed by atoms with Gasteiger partial charge >= 0.3 is 21.7 Å². The van der Waals surface area contributed by atoms with E-state index in [-0.39, 0.29) is 13.0 Å². The van der Waals surface area contributed by atoms with Crippen LogP contribution in [0.5, 0.6) is 0 Å². The summed E-state index contributed by atoms with van der Waals surface area (Å²) in [4.78, 5) is 12.7. The fourth-order valence-corrected chi connectivity index (χ4v) is 3.30. The Morgan fingerprint density at radius 3 is 2.04 bits per heavy atom. The lowest BCUT2D eigenvalue weighted by Crippen LogP contribution is -2.51. The summed E-state index contributed by atoms with van der Waals surface area (Å²) in [6.45, 7) is 8.18. The smallest absolute Gasteiger partial charge is 0.443 e. The van der Waals surface area contributed by atoms with Crippen molar-refractivity contribution in [3.05, 3.63) is 12.0 Å². The molecule has 0 unspecified atom stereocenters. The molecule has 0 saturated heterocycles. The summed E-state index contributed by atoms with van der Waals surface area (Å²) in [6, 6.07) is 0. The van der Waals surface area contributed by atoms with E-state index in [1.807, 2.05) is 13.8 Å². The van der Waals surface area contributed by atoms with Crippen molar-refractivity contribution in [3.8, 4) is 0 Å². The minimum absolute atomic E-state index is 0.0146. The Balaban J connectivity index is 0.00000190. The van der Waals surface area contributed by atoms with Gasteiger partial charge < -0.3 is 8.92 Å². The first-order chi connectivity index (χ1) is 12.5. The first-order valence-electron chi connectivity index (χ1n) is 8.57. The minimum atomic E-state index is -6.08. The fraction of sp³-hybridized carbons (Fsp3) is 0.812. The van der Waals surface area contributed by atoms with E-state index in [1.54, 1.807) is 0 Å². The number of halogens is 5. The molecule has 6 nitrogen and oxygen atoms in total. The monoisotopic (exact) mass is 437 g/mol. The molecule has 0 N–H and O–H groups in total. The zero-order valence-corrected chi connectivity index (χ0v) is 17.0. The van der Waals surface area contributed by atoms with Gasteiger partial charge in [0.2, 0.25) is 11.8 Å². The van der Waals surface area contributed by atoms with Crippen molar-refractivity contribution in [2.45, 2.75) is 70.9 Å². The second-order valence-corrected chi connectivity index (χ2v) is 8.96. The number of allylic oxidation sites excluding steroid dienone is 1. The molecule has 0 aromatic rings. The zero-order valence-electron chi connectivity index (χ0n) is 16.2. The van der Waals surface area contributed by atoms with Crippen molar-refractivity contribution >= 4 is 16.2 Å². The van der Waals surface area contributed by atoms with E-state index >= 15 is 0 Å². The van der Waals surface area contributed by atoms with Crippen molar-refractivity contribution in [1.82, 2.24) is 4.90 Å². The molecule has 164 valence electrons. The standard InChI is InChI=1S/C14H18F5NO5S.C2H6/c1-11(2,3)24-10(21)20-5-4-12(7-13(15,16)8-12)6-9(20)25-26(22,23)14(17,18)19;1-2/h6H,4-5,7-8H2,1-3H3;1-2H3. The number of hydrogen-bond acceptors (Lipinski definition) is 5. The topological polar surface area (TPSA) is 72.9 Å². The highest BCUT2D eigenvalue weighted by Crippen LogP contribution is 2.57. The molecule has 1 aliphatic carbocycles. The summed E-state index contributed by atoms with van der Waals surface area (Å²) < 4.78 is 96.0. The maximum absolute atomic E-state index is 13.2. The van der Waals surface area contributed by atoms with Crippen LogP contribution in [0.2, 0.25) is 0 Å². The molecule has 0 aromatic heterocycles. The molecule has 2 aliphatic rings. The number of nitrogens with zero attached hydrogens (tertiary/aromatic N) is 1. The number of rotatable bonds is 2. The highest BCUT2D eigenvalue weighted by molar-refractivity contribution is 7.87. The molecule has 1 spiro atoms. The molecule has 12 heteroatoms. The van der Waals surface area contributed by atoms with Gasteiger partial charge in [-0.1, -0.05) is 13.8 Å². The molecule has 0 radical (unpaired) electrons. The summed E-state index contributed by atoms with van der Waals surface area (Å²) in [5.74, 6) is -3.98. The highest BCUT2D eigenvalue weighted by atomic mass is 32.2. The molecule has 28 heavy (non-hydrogen) atoms. The van der Waals surface area contributed by atoms with Crippen LogP contribution in [-0.2, 0) is 19.0 Å². The fourth-order valence-electron chi connectivity index (χ4n) is 2.84. The van der Waals surface area contributed by atoms with Gasteiger partial charge in [-0.3, -0.25) is 0 Å². The molecule has 0 atom stereocenters. The molecule has 1 fully saturated rings. The quantitative estimate of drug-likeness (QED) is 0.353. The lowest BCUT2D eigenvalue weighted by molar-refractivity contribution is -0.149. The Morgan fingerprint density at radius 1 is 1.14 bits per heavy atom. The normalized spacial score (nSPS) is 21.1. The maximum Gasteiger partial charge on any atom is 0.534 e. The van der Waals surface area contributed by atoms with Gasteiger partial charge in [-0.05, 0) is 33.3 Å². The van der Waals surface area contributed by atoms with Gasteiger partial charge in [0, 0.05) is 24.8 Å². The molecule has 1 amide bonds. The molecule has 0 aromatic carbocycles. The van der Waals surface area contributed by atoms with Gasteiger partial charge in [-0.2, -0.15) is 21.6 Å². The van der Waals surface area contributed by atoms with Crippen molar-refractivity contribution < 1.29 is 44.1 Å². The Kier molecular flexibility index (Phi) is 6.70. The average Bonchev–Trinajstić information content (AvgIpc) is 2.43. The van der Waals surface area contributed by atoms with E-state index in [1.165, 1.54) is 20.8 Å². The summed E-state index contributed by atoms with van der Waals surface area (Å²) in [7, 11) is -6.08. The second-order valence-electron chi connectivity index (χ2n) is 7.42. The van der Waals surface area contributed by atoms with Gasteiger partial charge in [0.1, 0.15) is 5.60 Å². The molecule has 0 bridgehead atoms. The predicted octanol–water partition coefficient (Wildman–Crippen LogP) is 4.78. The Morgan fingerprint density at radius 2 is 1.64 bits per heavy atom. The first kappa shape index (κ1) is 24.4. The van der Waals surface area contributed by atoms with Crippen LogP contribution in [0.15, 0.2) is 12.0 Å². The van der Waals surface area contributed by atoms with E-state index in [2.05, 4.69) is 4.18 Å². The number of alkyl halides is 5. The minimum Gasteiger partial charge on any atom is -0.443 e. The van der Waals surface area contributed by atoms with Gasteiger partial charge in [0.25, 0.3) is 0 Å². The third-order valence-corrected chi connectivity index (χ3v) is 4.80. The third kappa shape index (κ3) is 5.71. The summed E-state index contributed by atoms with van der Waals surface area (Å²) in [5, 5.41) is 0. The van der Waals surface area contributed by atoms with Crippen LogP contribution in [-0.4, -0.2) is 43.0 Å². The average molecular weight is 437 g/mol. The maximum atomic E-state index is 13.2. The van der Waals surface area contributed by atoms with E-state index < -0.39 is 57.4 Å². The number of ether oxygens (including phenoxy) is 1. The number of carbonyl (C=O) groups is 1. The van der Waals surface area contributed by atoms with E-state index in [4.69, 9.17) is 4.74 Å². The Hall–Kier alpha value is -1.59.